The number of anilines is 2. The van der Waals surface area contributed by atoms with E-state index >= 15 is 0 Å². The molecule has 4 rings (SSSR count). The first kappa shape index (κ1) is 22.4. The fourth-order valence-corrected chi connectivity index (χ4v) is 3.95. The first-order valence-corrected chi connectivity index (χ1v) is 10.9. The van der Waals surface area contributed by atoms with Crippen LogP contribution >= 0.6 is 0 Å². The number of rotatable bonds is 7. The minimum atomic E-state index is -0.159. The highest BCUT2D eigenvalue weighted by molar-refractivity contribution is 5.94. The summed E-state index contributed by atoms with van der Waals surface area (Å²) in [7, 11) is 4.81. The number of hydrogen-bond acceptors (Lipinski definition) is 7. The largest absolute Gasteiger partial charge is 0.497 e. The zero-order valence-corrected chi connectivity index (χ0v) is 19.1. The lowest BCUT2D eigenvalue weighted by Crippen LogP contribution is -2.41. The first-order valence-electron chi connectivity index (χ1n) is 10.9. The lowest BCUT2D eigenvalue weighted by molar-refractivity contribution is -0.120. The molecule has 2 aromatic carbocycles. The molecular weight excluding hydrogens is 420 g/mol. The van der Waals surface area contributed by atoms with Crippen molar-refractivity contribution in [3.8, 4) is 28.5 Å². The van der Waals surface area contributed by atoms with Crippen molar-refractivity contribution < 1.29 is 19.0 Å². The molecule has 0 aliphatic carbocycles. The molecule has 1 aromatic heterocycles. The van der Waals surface area contributed by atoms with Gasteiger partial charge in [0, 0.05) is 24.7 Å². The number of amides is 1. The summed E-state index contributed by atoms with van der Waals surface area (Å²) in [6.07, 6.45) is 1.72. The summed E-state index contributed by atoms with van der Waals surface area (Å²) in [5.74, 6) is 2.61. The standard InChI is InChI=1S/C25H28N4O4/c1-31-19-8-6-17(7-9-19)21-12-13-24(28-27-21)29-14-4-5-18(16-29)25(30)26-22-11-10-20(32-2)15-23(22)33-3/h6-13,15,18H,4-5,14,16H2,1-3H3,(H,26,30). The van der Waals surface area contributed by atoms with Gasteiger partial charge >= 0.3 is 0 Å². The summed E-state index contributed by atoms with van der Waals surface area (Å²) in [5, 5.41) is 11.8. The number of nitrogens with one attached hydrogen (secondary N) is 1. The number of carbonyl (C=O) groups excluding carboxylic acids is 1. The van der Waals surface area contributed by atoms with Crippen molar-refractivity contribution in [1.29, 1.82) is 0 Å². The molecule has 0 bridgehead atoms. The second-order valence-corrected chi connectivity index (χ2v) is 7.85. The molecule has 172 valence electrons. The Labute approximate surface area is 193 Å². The van der Waals surface area contributed by atoms with Gasteiger partial charge in [0.15, 0.2) is 5.82 Å². The zero-order valence-electron chi connectivity index (χ0n) is 19.1. The smallest absolute Gasteiger partial charge is 0.229 e. The van der Waals surface area contributed by atoms with Crippen molar-refractivity contribution in [2.45, 2.75) is 12.8 Å². The second kappa shape index (κ2) is 10.2. The highest BCUT2D eigenvalue weighted by Gasteiger charge is 2.27. The average molecular weight is 449 g/mol. The summed E-state index contributed by atoms with van der Waals surface area (Å²) < 4.78 is 15.8. The van der Waals surface area contributed by atoms with Crippen molar-refractivity contribution in [3.63, 3.8) is 0 Å². The molecule has 8 nitrogen and oxygen atoms in total. The molecule has 33 heavy (non-hydrogen) atoms. The van der Waals surface area contributed by atoms with Gasteiger partial charge in [0.25, 0.3) is 0 Å². The molecule has 1 atom stereocenters. The topological polar surface area (TPSA) is 85.8 Å². The van der Waals surface area contributed by atoms with Gasteiger partial charge in [-0.2, -0.15) is 0 Å². The normalized spacial score (nSPS) is 15.6. The van der Waals surface area contributed by atoms with Crippen molar-refractivity contribution in [2.75, 3.05) is 44.6 Å². The third kappa shape index (κ3) is 5.16. The lowest BCUT2D eigenvalue weighted by atomic mass is 9.97. The Morgan fingerprint density at radius 1 is 0.939 bits per heavy atom. The third-order valence-electron chi connectivity index (χ3n) is 5.82. The second-order valence-electron chi connectivity index (χ2n) is 7.85. The fourth-order valence-electron chi connectivity index (χ4n) is 3.95. The maximum absolute atomic E-state index is 13.0. The molecule has 8 heteroatoms. The molecule has 1 aliphatic heterocycles. The summed E-state index contributed by atoms with van der Waals surface area (Å²) in [4.78, 5) is 15.1. The van der Waals surface area contributed by atoms with E-state index in [2.05, 4.69) is 20.4 Å². The van der Waals surface area contributed by atoms with Gasteiger partial charge in [-0.1, -0.05) is 0 Å². The maximum atomic E-state index is 13.0. The van der Waals surface area contributed by atoms with Crippen LogP contribution in [0.4, 0.5) is 11.5 Å². The van der Waals surface area contributed by atoms with Gasteiger partial charge in [-0.3, -0.25) is 4.79 Å². The Bertz CT molecular complexity index is 1090. The van der Waals surface area contributed by atoms with Crippen molar-refractivity contribution >= 4 is 17.4 Å². The van der Waals surface area contributed by atoms with E-state index in [0.29, 0.717) is 23.7 Å². The van der Waals surface area contributed by atoms with Crippen LogP contribution in [0.2, 0.25) is 0 Å². The van der Waals surface area contributed by atoms with Gasteiger partial charge in [0.1, 0.15) is 17.2 Å². The van der Waals surface area contributed by atoms with Gasteiger partial charge in [-0.05, 0) is 61.4 Å². The molecule has 2 heterocycles. The van der Waals surface area contributed by atoms with Crippen LogP contribution in [0.15, 0.2) is 54.6 Å². The van der Waals surface area contributed by atoms with Crippen molar-refractivity contribution in [2.24, 2.45) is 5.92 Å². The van der Waals surface area contributed by atoms with Crippen molar-refractivity contribution in [1.82, 2.24) is 10.2 Å². The summed E-state index contributed by atoms with van der Waals surface area (Å²) in [6.45, 7) is 1.42. The number of hydrogen-bond donors (Lipinski definition) is 1. The first-order chi connectivity index (χ1) is 16.1. The third-order valence-corrected chi connectivity index (χ3v) is 5.82. The van der Waals surface area contributed by atoms with E-state index in [1.165, 1.54) is 0 Å². The Morgan fingerprint density at radius 3 is 2.36 bits per heavy atom. The van der Waals surface area contributed by atoms with E-state index in [0.717, 1.165) is 42.2 Å². The average Bonchev–Trinajstić information content (AvgIpc) is 2.89. The highest BCUT2D eigenvalue weighted by Crippen LogP contribution is 2.31. The Balaban J connectivity index is 1.42. The number of methoxy groups -OCH3 is 3. The number of nitrogens with zero attached hydrogens (tertiary/aromatic N) is 3. The molecule has 3 aromatic rings. The molecule has 1 unspecified atom stereocenters. The van der Waals surface area contributed by atoms with Gasteiger partial charge in [0.2, 0.25) is 5.91 Å². The lowest BCUT2D eigenvalue weighted by Gasteiger charge is -2.32. The minimum Gasteiger partial charge on any atom is -0.497 e. The number of carbonyl (C=O) groups is 1. The molecular formula is C25H28N4O4. The van der Waals surface area contributed by atoms with Crippen LogP contribution in [0.5, 0.6) is 17.2 Å². The Kier molecular flexibility index (Phi) is 6.92. The Hall–Kier alpha value is -3.81. The van der Waals surface area contributed by atoms with E-state index < -0.39 is 0 Å². The van der Waals surface area contributed by atoms with E-state index in [-0.39, 0.29) is 11.8 Å². The summed E-state index contributed by atoms with van der Waals surface area (Å²) >= 11 is 0. The quantitative estimate of drug-likeness (QED) is 0.584. The van der Waals surface area contributed by atoms with Crippen LogP contribution in [0.25, 0.3) is 11.3 Å². The van der Waals surface area contributed by atoms with Crippen LogP contribution in [0, 0.1) is 5.92 Å². The van der Waals surface area contributed by atoms with Crippen LogP contribution in [-0.4, -0.2) is 50.5 Å². The molecule has 1 N–H and O–H groups in total. The van der Waals surface area contributed by atoms with E-state index in [9.17, 15) is 4.79 Å². The van der Waals surface area contributed by atoms with Gasteiger partial charge in [-0.25, -0.2) is 0 Å². The number of benzene rings is 2. The molecule has 1 fully saturated rings. The van der Waals surface area contributed by atoms with Crippen LogP contribution in [0.3, 0.4) is 0 Å². The Morgan fingerprint density at radius 2 is 1.70 bits per heavy atom. The number of ether oxygens (including phenoxy) is 3. The van der Waals surface area contributed by atoms with Crippen LogP contribution in [-0.2, 0) is 4.79 Å². The predicted octanol–water partition coefficient (Wildman–Crippen LogP) is 4.02. The van der Waals surface area contributed by atoms with Crippen LogP contribution in [0.1, 0.15) is 12.8 Å². The van der Waals surface area contributed by atoms with Crippen LogP contribution < -0.4 is 24.4 Å². The maximum Gasteiger partial charge on any atom is 0.229 e. The van der Waals surface area contributed by atoms with Gasteiger partial charge < -0.3 is 24.4 Å². The fraction of sp³-hybridized carbons (Fsp3) is 0.320. The number of piperidine rings is 1. The van der Waals surface area contributed by atoms with Gasteiger partial charge in [-0.15, -0.1) is 10.2 Å². The molecule has 1 aliphatic rings. The summed E-state index contributed by atoms with van der Waals surface area (Å²) in [6, 6.07) is 17.0. The molecule has 0 saturated carbocycles. The van der Waals surface area contributed by atoms with E-state index in [1.54, 1.807) is 39.5 Å². The predicted molar refractivity (Wildman–Crippen MR) is 127 cm³/mol. The minimum absolute atomic E-state index is 0.0361. The molecule has 0 spiro atoms. The molecule has 1 saturated heterocycles. The SMILES string of the molecule is COc1ccc(-c2ccc(N3CCCC(C(=O)Nc4ccc(OC)cc4OC)C3)nn2)cc1. The van der Waals surface area contributed by atoms with Crippen molar-refractivity contribution in [3.05, 3.63) is 54.6 Å². The highest BCUT2D eigenvalue weighted by atomic mass is 16.5. The molecule has 0 radical (unpaired) electrons. The monoisotopic (exact) mass is 448 g/mol. The van der Waals surface area contributed by atoms with Gasteiger partial charge in [0.05, 0.1) is 38.6 Å². The number of aromatic nitrogens is 2. The summed E-state index contributed by atoms with van der Waals surface area (Å²) in [5.41, 5.74) is 2.39. The zero-order chi connectivity index (χ0) is 23.2. The van der Waals surface area contributed by atoms with E-state index in [1.807, 2.05) is 36.4 Å². The molecule has 1 amide bonds. The van der Waals surface area contributed by atoms with E-state index in [4.69, 9.17) is 14.2 Å².